The highest BCUT2D eigenvalue weighted by Gasteiger charge is 2.33. The van der Waals surface area contributed by atoms with E-state index in [4.69, 9.17) is 23.7 Å². The molecule has 0 spiro atoms. The van der Waals surface area contributed by atoms with Gasteiger partial charge in [-0.15, -0.1) is 0 Å². The zero-order valence-electron chi connectivity index (χ0n) is 17.9. The summed E-state index contributed by atoms with van der Waals surface area (Å²) < 4.78 is 27.7. The maximum atomic E-state index is 11.7. The van der Waals surface area contributed by atoms with Crippen LogP contribution in [0.3, 0.4) is 0 Å². The highest BCUT2D eigenvalue weighted by molar-refractivity contribution is 5.70. The van der Waals surface area contributed by atoms with Gasteiger partial charge in [0.15, 0.2) is 23.0 Å². The van der Waals surface area contributed by atoms with Crippen molar-refractivity contribution in [2.45, 2.75) is 18.9 Å². The summed E-state index contributed by atoms with van der Waals surface area (Å²) in [6.07, 6.45) is 1.48. The van der Waals surface area contributed by atoms with Crippen LogP contribution in [-0.4, -0.2) is 57.2 Å². The average Bonchev–Trinajstić information content (AvgIpc) is 3.26. The Morgan fingerprint density at radius 2 is 1.74 bits per heavy atom. The number of ether oxygens (including phenoxy) is 5. The summed E-state index contributed by atoms with van der Waals surface area (Å²) in [6.45, 7) is 1.42. The summed E-state index contributed by atoms with van der Waals surface area (Å²) in [5, 5.41) is 9.62. The van der Waals surface area contributed by atoms with Crippen LogP contribution in [0.1, 0.15) is 30.0 Å². The molecule has 0 aromatic heterocycles. The Morgan fingerprint density at radius 3 is 2.39 bits per heavy atom. The van der Waals surface area contributed by atoms with Crippen molar-refractivity contribution in [3.8, 4) is 28.7 Å². The van der Waals surface area contributed by atoms with Crippen LogP contribution in [-0.2, 0) is 4.79 Å². The third-order valence-electron chi connectivity index (χ3n) is 5.88. The van der Waals surface area contributed by atoms with Crippen molar-refractivity contribution in [1.29, 1.82) is 0 Å². The normalized spacial score (nSPS) is 19.0. The molecule has 1 N–H and O–H groups in total. The van der Waals surface area contributed by atoms with Crippen LogP contribution in [0.15, 0.2) is 30.3 Å². The predicted molar refractivity (Wildman–Crippen MR) is 112 cm³/mol. The first-order valence-electron chi connectivity index (χ1n) is 10.2. The molecule has 0 amide bonds. The number of benzene rings is 2. The first-order valence-corrected chi connectivity index (χ1v) is 10.2. The molecule has 2 aromatic carbocycles. The minimum atomic E-state index is -0.765. The van der Waals surface area contributed by atoms with Gasteiger partial charge in [0.1, 0.15) is 0 Å². The van der Waals surface area contributed by atoms with E-state index in [9.17, 15) is 9.90 Å². The van der Waals surface area contributed by atoms with Gasteiger partial charge in [-0.1, -0.05) is 6.07 Å². The first kappa shape index (κ1) is 21.1. The molecule has 8 nitrogen and oxygen atoms in total. The van der Waals surface area contributed by atoms with Crippen LogP contribution in [0.4, 0.5) is 0 Å². The van der Waals surface area contributed by atoms with E-state index in [1.165, 1.54) is 0 Å². The number of carbonyl (C=O) groups is 1. The van der Waals surface area contributed by atoms with Gasteiger partial charge in [-0.25, -0.2) is 0 Å². The van der Waals surface area contributed by atoms with Crippen molar-refractivity contribution in [3.63, 3.8) is 0 Å². The summed E-state index contributed by atoms with van der Waals surface area (Å²) >= 11 is 0. The number of carboxylic acid groups (broad SMARTS) is 1. The highest BCUT2D eigenvalue weighted by atomic mass is 16.7. The van der Waals surface area contributed by atoms with Gasteiger partial charge in [-0.05, 0) is 54.8 Å². The monoisotopic (exact) mass is 429 g/mol. The molecule has 0 saturated carbocycles. The lowest BCUT2D eigenvalue weighted by Crippen LogP contribution is -2.41. The summed E-state index contributed by atoms with van der Waals surface area (Å²) in [5.74, 6) is 1.83. The van der Waals surface area contributed by atoms with Crippen molar-refractivity contribution in [1.82, 2.24) is 4.90 Å². The number of likely N-dealkylation sites (tertiary alicyclic amines) is 1. The second kappa shape index (κ2) is 8.93. The lowest BCUT2D eigenvalue weighted by molar-refractivity contribution is -0.143. The molecule has 1 fully saturated rings. The Labute approximate surface area is 181 Å². The molecular weight excluding hydrogens is 402 g/mol. The third kappa shape index (κ3) is 4.07. The fraction of sp³-hybridized carbons (Fsp3) is 0.435. The van der Waals surface area contributed by atoms with Crippen molar-refractivity contribution in [2.24, 2.45) is 5.92 Å². The molecule has 2 aliphatic heterocycles. The number of hydrogen-bond donors (Lipinski definition) is 1. The van der Waals surface area contributed by atoms with Gasteiger partial charge in [-0.3, -0.25) is 9.69 Å². The average molecular weight is 429 g/mol. The molecule has 2 unspecified atom stereocenters. The van der Waals surface area contributed by atoms with E-state index >= 15 is 0 Å². The Balaban J connectivity index is 1.82. The fourth-order valence-corrected chi connectivity index (χ4v) is 4.40. The SMILES string of the molecule is COc1cc(C(c2ccc3c(c2)OCO3)N2CCCC(C(=O)O)C2)cc(OC)c1OC. The number of hydrogen-bond acceptors (Lipinski definition) is 7. The number of aliphatic carboxylic acids is 1. The molecule has 0 bridgehead atoms. The number of carboxylic acids is 1. The van der Waals surface area contributed by atoms with Crippen LogP contribution in [0, 0.1) is 5.92 Å². The zero-order chi connectivity index (χ0) is 22.0. The number of rotatable bonds is 7. The molecule has 2 aliphatic rings. The highest BCUT2D eigenvalue weighted by Crippen LogP contribution is 2.44. The maximum Gasteiger partial charge on any atom is 0.307 e. The van der Waals surface area contributed by atoms with Crippen molar-refractivity contribution < 1.29 is 33.6 Å². The molecular formula is C23H27NO7. The van der Waals surface area contributed by atoms with E-state index < -0.39 is 11.9 Å². The van der Waals surface area contributed by atoms with E-state index in [1.807, 2.05) is 30.3 Å². The van der Waals surface area contributed by atoms with Gasteiger partial charge in [0.25, 0.3) is 0 Å². The zero-order valence-corrected chi connectivity index (χ0v) is 17.9. The van der Waals surface area contributed by atoms with Crippen molar-refractivity contribution in [2.75, 3.05) is 41.2 Å². The van der Waals surface area contributed by atoms with E-state index in [0.717, 1.165) is 24.1 Å². The second-order valence-electron chi connectivity index (χ2n) is 7.65. The van der Waals surface area contributed by atoms with E-state index in [-0.39, 0.29) is 12.8 Å². The van der Waals surface area contributed by atoms with E-state index in [0.29, 0.717) is 41.7 Å². The molecule has 31 heavy (non-hydrogen) atoms. The minimum absolute atomic E-state index is 0.193. The van der Waals surface area contributed by atoms with E-state index in [2.05, 4.69) is 4.90 Å². The van der Waals surface area contributed by atoms with Gasteiger partial charge in [0.05, 0.1) is 33.3 Å². The topological polar surface area (TPSA) is 86.7 Å². The Kier molecular flexibility index (Phi) is 6.08. The summed E-state index contributed by atoms with van der Waals surface area (Å²) in [7, 11) is 4.73. The second-order valence-corrected chi connectivity index (χ2v) is 7.65. The number of fused-ring (bicyclic) bond motifs is 1. The Hall–Kier alpha value is -3.13. The summed E-state index contributed by atoms with van der Waals surface area (Å²) in [5.41, 5.74) is 1.89. The van der Waals surface area contributed by atoms with Crippen LogP contribution in [0.5, 0.6) is 28.7 Å². The minimum Gasteiger partial charge on any atom is -0.493 e. The molecule has 0 aliphatic carbocycles. The lowest BCUT2D eigenvalue weighted by Gasteiger charge is -2.38. The molecule has 8 heteroatoms. The summed E-state index contributed by atoms with van der Waals surface area (Å²) in [4.78, 5) is 13.9. The number of methoxy groups -OCH3 is 3. The largest absolute Gasteiger partial charge is 0.493 e. The van der Waals surface area contributed by atoms with Crippen LogP contribution >= 0.6 is 0 Å². The first-order chi connectivity index (χ1) is 15.0. The Morgan fingerprint density at radius 1 is 1.03 bits per heavy atom. The third-order valence-corrected chi connectivity index (χ3v) is 5.88. The summed E-state index contributed by atoms with van der Waals surface area (Å²) in [6, 6.07) is 9.46. The molecule has 0 radical (unpaired) electrons. The van der Waals surface area contributed by atoms with Crippen LogP contribution in [0.25, 0.3) is 0 Å². The molecule has 2 heterocycles. The quantitative estimate of drug-likeness (QED) is 0.717. The van der Waals surface area contributed by atoms with E-state index in [1.54, 1.807) is 21.3 Å². The standard InChI is InChI=1S/C23H27NO7/c1-27-19-10-16(11-20(28-2)22(19)29-3)21(24-8-4-5-15(12-24)23(25)26)14-6-7-17-18(9-14)31-13-30-17/h6-7,9-11,15,21H,4-5,8,12-13H2,1-3H3,(H,25,26). The Bertz CT molecular complexity index is 936. The number of nitrogens with zero attached hydrogens (tertiary/aromatic N) is 1. The van der Waals surface area contributed by atoms with Gasteiger partial charge in [0.2, 0.25) is 12.5 Å². The molecule has 2 aromatic rings. The van der Waals surface area contributed by atoms with Gasteiger partial charge in [-0.2, -0.15) is 0 Å². The maximum absolute atomic E-state index is 11.7. The van der Waals surface area contributed by atoms with Gasteiger partial charge >= 0.3 is 5.97 Å². The van der Waals surface area contributed by atoms with Gasteiger partial charge < -0.3 is 28.8 Å². The molecule has 1 saturated heterocycles. The smallest absolute Gasteiger partial charge is 0.307 e. The molecule has 4 rings (SSSR count). The van der Waals surface area contributed by atoms with Crippen molar-refractivity contribution >= 4 is 5.97 Å². The lowest BCUT2D eigenvalue weighted by atomic mass is 9.91. The number of piperidine rings is 1. The van der Waals surface area contributed by atoms with Crippen LogP contribution in [0.2, 0.25) is 0 Å². The van der Waals surface area contributed by atoms with Crippen molar-refractivity contribution in [3.05, 3.63) is 41.5 Å². The van der Waals surface area contributed by atoms with Crippen LogP contribution < -0.4 is 23.7 Å². The molecule has 166 valence electrons. The van der Waals surface area contributed by atoms with Gasteiger partial charge in [0, 0.05) is 6.54 Å². The predicted octanol–water partition coefficient (Wildman–Crippen LogP) is 3.33. The molecule has 2 atom stereocenters. The fourth-order valence-electron chi connectivity index (χ4n) is 4.40.